The number of fused-ring (bicyclic) bond motifs is 1. The third-order valence-corrected chi connectivity index (χ3v) is 4.56. The zero-order chi connectivity index (χ0) is 14.8. The van der Waals surface area contributed by atoms with E-state index in [0.717, 1.165) is 19.5 Å². The molecule has 0 unspecified atom stereocenters. The van der Waals surface area contributed by atoms with Crippen LogP contribution in [-0.4, -0.2) is 23.9 Å². The van der Waals surface area contributed by atoms with E-state index in [2.05, 4.69) is 21.7 Å². The SMILES string of the molecule is Nc1cc(NC(=O)CN2CCc3sccc3C2)ccc1F. The van der Waals surface area contributed by atoms with Crippen LogP contribution in [0.4, 0.5) is 15.8 Å². The Morgan fingerprint density at radius 2 is 2.29 bits per heavy atom. The summed E-state index contributed by atoms with van der Waals surface area (Å²) in [5.74, 6) is -0.589. The van der Waals surface area contributed by atoms with E-state index in [1.165, 1.54) is 28.6 Å². The smallest absolute Gasteiger partial charge is 0.238 e. The molecular formula is C15H16FN3OS. The standard InChI is InChI=1S/C15H16FN3OS/c16-12-2-1-11(7-13(12)17)18-15(20)9-19-5-3-14-10(8-19)4-6-21-14/h1-2,4,6-7H,3,5,8-9,17H2,(H,18,20). The van der Waals surface area contributed by atoms with Crippen molar-refractivity contribution >= 4 is 28.6 Å². The van der Waals surface area contributed by atoms with Crippen molar-refractivity contribution < 1.29 is 9.18 Å². The second-order valence-corrected chi connectivity index (χ2v) is 6.11. The third kappa shape index (κ3) is 3.22. The number of nitrogens with zero attached hydrogens (tertiary/aromatic N) is 1. The van der Waals surface area contributed by atoms with Gasteiger partial charge in [0.1, 0.15) is 5.82 Å². The average molecular weight is 305 g/mol. The number of thiophene rings is 1. The largest absolute Gasteiger partial charge is 0.396 e. The molecular weight excluding hydrogens is 289 g/mol. The Balaban J connectivity index is 1.58. The number of carbonyl (C=O) groups excluding carboxylic acids is 1. The van der Waals surface area contributed by atoms with Gasteiger partial charge in [0.25, 0.3) is 0 Å². The molecule has 1 aromatic carbocycles. The Hall–Kier alpha value is -1.92. The molecule has 2 heterocycles. The first-order chi connectivity index (χ1) is 10.1. The van der Waals surface area contributed by atoms with Crippen molar-refractivity contribution in [1.82, 2.24) is 4.90 Å². The van der Waals surface area contributed by atoms with Gasteiger partial charge in [-0.3, -0.25) is 9.69 Å². The van der Waals surface area contributed by atoms with Gasteiger partial charge in [-0.2, -0.15) is 0 Å². The summed E-state index contributed by atoms with van der Waals surface area (Å²) >= 11 is 1.78. The van der Waals surface area contributed by atoms with Gasteiger partial charge in [-0.15, -0.1) is 11.3 Å². The maximum Gasteiger partial charge on any atom is 0.238 e. The predicted molar refractivity (Wildman–Crippen MR) is 82.7 cm³/mol. The predicted octanol–water partition coefficient (Wildman–Crippen LogP) is 2.47. The van der Waals surface area contributed by atoms with Crippen LogP contribution in [0, 0.1) is 5.82 Å². The number of carbonyl (C=O) groups is 1. The van der Waals surface area contributed by atoms with Crippen molar-refractivity contribution in [3.8, 4) is 0 Å². The molecule has 6 heteroatoms. The van der Waals surface area contributed by atoms with Gasteiger partial charge in [0, 0.05) is 23.7 Å². The number of anilines is 2. The molecule has 0 saturated heterocycles. The van der Waals surface area contributed by atoms with Gasteiger partial charge >= 0.3 is 0 Å². The van der Waals surface area contributed by atoms with Crippen LogP contribution in [0.2, 0.25) is 0 Å². The molecule has 3 N–H and O–H groups in total. The second-order valence-electron chi connectivity index (χ2n) is 5.11. The molecule has 21 heavy (non-hydrogen) atoms. The molecule has 3 rings (SSSR count). The van der Waals surface area contributed by atoms with Gasteiger partial charge in [-0.25, -0.2) is 4.39 Å². The van der Waals surface area contributed by atoms with E-state index < -0.39 is 5.82 Å². The van der Waals surface area contributed by atoms with E-state index in [9.17, 15) is 9.18 Å². The Labute approximate surface area is 126 Å². The van der Waals surface area contributed by atoms with E-state index in [0.29, 0.717) is 12.2 Å². The summed E-state index contributed by atoms with van der Waals surface area (Å²) in [6, 6.07) is 6.31. The van der Waals surface area contributed by atoms with E-state index >= 15 is 0 Å². The lowest BCUT2D eigenvalue weighted by molar-refractivity contribution is -0.117. The molecule has 0 radical (unpaired) electrons. The Morgan fingerprint density at radius 1 is 1.43 bits per heavy atom. The van der Waals surface area contributed by atoms with Gasteiger partial charge in [0.2, 0.25) is 5.91 Å². The van der Waals surface area contributed by atoms with Crippen molar-refractivity contribution in [2.45, 2.75) is 13.0 Å². The van der Waals surface area contributed by atoms with Gasteiger partial charge < -0.3 is 11.1 Å². The van der Waals surface area contributed by atoms with E-state index in [1.54, 1.807) is 11.3 Å². The molecule has 0 fully saturated rings. The van der Waals surface area contributed by atoms with Crippen LogP contribution in [-0.2, 0) is 17.8 Å². The van der Waals surface area contributed by atoms with Gasteiger partial charge in [-0.1, -0.05) is 0 Å². The lowest BCUT2D eigenvalue weighted by Crippen LogP contribution is -2.36. The number of amides is 1. The molecule has 0 bridgehead atoms. The summed E-state index contributed by atoms with van der Waals surface area (Å²) in [4.78, 5) is 15.6. The first-order valence-electron chi connectivity index (χ1n) is 6.74. The average Bonchev–Trinajstić information content (AvgIpc) is 2.90. The van der Waals surface area contributed by atoms with Crippen molar-refractivity contribution in [3.63, 3.8) is 0 Å². The maximum absolute atomic E-state index is 13.1. The minimum Gasteiger partial charge on any atom is -0.396 e. The molecule has 2 aromatic rings. The molecule has 1 aromatic heterocycles. The van der Waals surface area contributed by atoms with Crippen LogP contribution in [0.15, 0.2) is 29.6 Å². The fourth-order valence-electron chi connectivity index (χ4n) is 2.47. The Morgan fingerprint density at radius 3 is 3.10 bits per heavy atom. The minimum absolute atomic E-state index is 0.0358. The lowest BCUT2D eigenvalue weighted by Gasteiger charge is -2.26. The fourth-order valence-corrected chi connectivity index (χ4v) is 3.36. The number of nitrogens with one attached hydrogen (secondary N) is 1. The topological polar surface area (TPSA) is 58.4 Å². The second kappa shape index (κ2) is 5.83. The molecule has 4 nitrogen and oxygen atoms in total. The summed E-state index contributed by atoms with van der Waals surface area (Å²) < 4.78 is 13.1. The molecule has 1 amide bonds. The quantitative estimate of drug-likeness (QED) is 0.857. The summed E-state index contributed by atoms with van der Waals surface area (Å²) in [5, 5.41) is 4.84. The van der Waals surface area contributed by atoms with E-state index in [4.69, 9.17) is 5.73 Å². The van der Waals surface area contributed by atoms with Crippen LogP contribution in [0.3, 0.4) is 0 Å². The highest BCUT2D eigenvalue weighted by molar-refractivity contribution is 7.10. The van der Waals surface area contributed by atoms with Crippen LogP contribution in [0.1, 0.15) is 10.4 Å². The van der Waals surface area contributed by atoms with Crippen LogP contribution in [0.5, 0.6) is 0 Å². The first kappa shape index (κ1) is 14.0. The Kier molecular flexibility index (Phi) is 3.90. The van der Waals surface area contributed by atoms with Gasteiger partial charge in [-0.05, 0) is 41.6 Å². The monoisotopic (exact) mass is 305 g/mol. The number of nitrogen functional groups attached to an aromatic ring is 1. The molecule has 0 aliphatic carbocycles. The molecule has 1 aliphatic heterocycles. The third-order valence-electron chi connectivity index (χ3n) is 3.53. The summed E-state index contributed by atoms with van der Waals surface area (Å²) in [6.07, 6.45) is 0.990. The van der Waals surface area contributed by atoms with E-state index in [1.807, 2.05) is 0 Å². The maximum atomic E-state index is 13.1. The summed E-state index contributed by atoms with van der Waals surface area (Å²) in [7, 11) is 0. The number of hydrogen-bond donors (Lipinski definition) is 2. The molecule has 0 saturated carbocycles. The van der Waals surface area contributed by atoms with Crippen LogP contribution < -0.4 is 11.1 Å². The number of halogens is 1. The zero-order valence-electron chi connectivity index (χ0n) is 11.4. The highest BCUT2D eigenvalue weighted by Gasteiger charge is 2.19. The van der Waals surface area contributed by atoms with E-state index in [-0.39, 0.29) is 11.6 Å². The number of rotatable bonds is 3. The molecule has 0 atom stereocenters. The summed E-state index contributed by atoms with van der Waals surface area (Å²) in [6.45, 7) is 2.01. The number of hydrogen-bond acceptors (Lipinski definition) is 4. The first-order valence-corrected chi connectivity index (χ1v) is 7.62. The number of benzene rings is 1. The molecule has 110 valence electrons. The van der Waals surface area contributed by atoms with Crippen molar-refractivity contribution in [1.29, 1.82) is 0 Å². The summed E-state index contributed by atoms with van der Waals surface area (Å²) in [5.41, 5.74) is 7.35. The zero-order valence-corrected chi connectivity index (χ0v) is 12.3. The highest BCUT2D eigenvalue weighted by atomic mass is 32.1. The molecule has 1 aliphatic rings. The van der Waals surface area contributed by atoms with Crippen LogP contribution >= 0.6 is 11.3 Å². The normalized spacial score (nSPS) is 14.7. The van der Waals surface area contributed by atoms with Gasteiger partial charge in [0.15, 0.2) is 0 Å². The highest BCUT2D eigenvalue weighted by Crippen LogP contribution is 2.24. The molecule has 0 spiro atoms. The van der Waals surface area contributed by atoms with Crippen molar-refractivity contribution in [3.05, 3.63) is 45.9 Å². The van der Waals surface area contributed by atoms with Crippen molar-refractivity contribution in [2.24, 2.45) is 0 Å². The minimum atomic E-state index is -0.478. The number of nitrogens with two attached hydrogens (primary N) is 1. The van der Waals surface area contributed by atoms with Crippen LogP contribution in [0.25, 0.3) is 0 Å². The lowest BCUT2D eigenvalue weighted by atomic mass is 10.1. The Bertz CT molecular complexity index is 671. The van der Waals surface area contributed by atoms with Gasteiger partial charge in [0.05, 0.1) is 12.2 Å². The van der Waals surface area contributed by atoms with Crippen molar-refractivity contribution in [2.75, 3.05) is 24.1 Å². The fraction of sp³-hybridized carbons (Fsp3) is 0.267.